The first-order valence-electron chi connectivity index (χ1n) is 12.5. The number of ether oxygens (including phenoxy) is 2. The Hall–Kier alpha value is -2.03. The van der Waals surface area contributed by atoms with E-state index in [1.807, 2.05) is 4.90 Å². The lowest BCUT2D eigenvalue weighted by Gasteiger charge is -2.34. The Morgan fingerprint density at radius 3 is 2.21 bits per heavy atom. The summed E-state index contributed by atoms with van der Waals surface area (Å²) in [7, 11) is 1.46. The summed E-state index contributed by atoms with van der Waals surface area (Å²) in [6.07, 6.45) is 10.1. The maximum Gasteiger partial charge on any atom is 0.342 e. The van der Waals surface area contributed by atoms with Gasteiger partial charge in [-0.3, -0.25) is 9.69 Å². The van der Waals surface area contributed by atoms with Crippen LogP contribution in [0, 0.1) is 0 Å². The second-order valence-corrected chi connectivity index (χ2v) is 9.21. The van der Waals surface area contributed by atoms with Gasteiger partial charge in [0.25, 0.3) is 0 Å². The van der Waals surface area contributed by atoms with Crippen LogP contribution in [-0.4, -0.2) is 74.7 Å². The molecule has 0 aliphatic carbocycles. The molecule has 0 spiro atoms. The van der Waals surface area contributed by atoms with Gasteiger partial charge in [0.15, 0.2) is 0 Å². The van der Waals surface area contributed by atoms with E-state index in [1.165, 1.54) is 51.3 Å². The minimum atomic E-state index is -0.497. The van der Waals surface area contributed by atoms with Crippen molar-refractivity contribution in [1.82, 2.24) is 9.80 Å². The Labute approximate surface area is 208 Å². The molecule has 2 rings (SSSR count). The van der Waals surface area contributed by atoms with E-state index in [9.17, 15) is 9.59 Å². The molecule has 192 valence electrons. The van der Waals surface area contributed by atoms with Crippen molar-refractivity contribution in [2.45, 2.75) is 57.8 Å². The molecule has 8 nitrogen and oxygen atoms in total. The summed E-state index contributed by atoms with van der Waals surface area (Å²) in [5.74, 6) is 0.0889. The average molecular weight is 497 g/mol. The Morgan fingerprint density at radius 2 is 1.59 bits per heavy atom. The number of nitrogens with two attached hydrogens (primary N) is 2. The molecular weight excluding hydrogens is 456 g/mol. The number of halogens is 1. The molecule has 0 bridgehead atoms. The van der Waals surface area contributed by atoms with Gasteiger partial charge in [-0.15, -0.1) is 0 Å². The first kappa shape index (κ1) is 28.2. The van der Waals surface area contributed by atoms with Crippen LogP contribution in [0.2, 0.25) is 5.02 Å². The lowest BCUT2D eigenvalue weighted by Crippen LogP contribution is -2.49. The van der Waals surface area contributed by atoms with Gasteiger partial charge in [0.2, 0.25) is 5.91 Å². The molecule has 34 heavy (non-hydrogen) atoms. The summed E-state index contributed by atoms with van der Waals surface area (Å²) in [4.78, 5) is 29.1. The lowest BCUT2D eigenvalue weighted by atomic mass is 10.1. The van der Waals surface area contributed by atoms with Gasteiger partial charge in [-0.2, -0.15) is 0 Å². The second kappa shape index (κ2) is 15.8. The predicted molar refractivity (Wildman–Crippen MR) is 136 cm³/mol. The molecule has 1 saturated heterocycles. The van der Waals surface area contributed by atoms with Crippen LogP contribution in [0.4, 0.5) is 5.69 Å². The molecule has 0 saturated carbocycles. The van der Waals surface area contributed by atoms with Crippen LogP contribution in [-0.2, 0) is 9.53 Å². The van der Waals surface area contributed by atoms with Crippen molar-refractivity contribution < 1.29 is 19.1 Å². The number of methoxy groups -OCH3 is 1. The van der Waals surface area contributed by atoms with Crippen LogP contribution in [0.25, 0.3) is 0 Å². The zero-order chi connectivity index (χ0) is 24.8. The maximum atomic E-state index is 12.5. The number of amides is 1. The monoisotopic (exact) mass is 496 g/mol. The van der Waals surface area contributed by atoms with Crippen molar-refractivity contribution in [3.63, 3.8) is 0 Å². The Balaban J connectivity index is 1.58. The normalized spacial score (nSPS) is 14.3. The van der Waals surface area contributed by atoms with Crippen LogP contribution in [0.5, 0.6) is 5.75 Å². The summed E-state index contributed by atoms with van der Waals surface area (Å²) in [5, 5.41) is 0.284. The summed E-state index contributed by atoms with van der Waals surface area (Å²) in [5.41, 5.74) is 11.9. The third-order valence-electron chi connectivity index (χ3n) is 6.25. The second-order valence-electron chi connectivity index (χ2n) is 8.80. The average Bonchev–Trinajstić information content (AvgIpc) is 2.84. The molecule has 4 N–H and O–H groups in total. The number of hydrogen-bond donors (Lipinski definition) is 2. The fraction of sp³-hybridized carbons (Fsp3) is 0.680. The molecule has 1 heterocycles. The Morgan fingerprint density at radius 1 is 0.971 bits per heavy atom. The van der Waals surface area contributed by atoms with E-state index in [4.69, 9.17) is 32.5 Å². The van der Waals surface area contributed by atoms with Crippen LogP contribution in [0.3, 0.4) is 0 Å². The number of rotatable bonds is 15. The first-order valence-corrected chi connectivity index (χ1v) is 12.8. The van der Waals surface area contributed by atoms with Gasteiger partial charge in [0.1, 0.15) is 17.9 Å². The number of piperazine rings is 1. The van der Waals surface area contributed by atoms with Gasteiger partial charge in [0, 0.05) is 45.2 Å². The molecule has 0 unspecified atom stereocenters. The molecule has 0 aromatic heterocycles. The molecule has 1 aromatic rings. The van der Waals surface area contributed by atoms with Gasteiger partial charge < -0.3 is 25.8 Å². The minimum Gasteiger partial charge on any atom is -0.496 e. The third-order valence-corrected chi connectivity index (χ3v) is 6.58. The zero-order valence-electron chi connectivity index (χ0n) is 20.5. The van der Waals surface area contributed by atoms with Gasteiger partial charge >= 0.3 is 5.97 Å². The highest BCUT2D eigenvalue weighted by Gasteiger charge is 2.21. The van der Waals surface area contributed by atoms with Gasteiger partial charge in [-0.1, -0.05) is 50.1 Å². The number of benzene rings is 1. The van der Waals surface area contributed by atoms with Crippen molar-refractivity contribution in [3.8, 4) is 5.75 Å². The van der Waals surface area contributed by atoms with E-state index >= 15 is 0 Å². The summed E-state index contributed by atoms with van der Waals surface area (Å²) < 4.78 is 10.6. The van der Waals surface area contributed by atoms with E-state index in [1.54, 1.807) is 0 Å². The number of carbonyl (C=O) groups excluding carboxylic acids is 2. The number of anilines is 1. The number of nitrogen functional groups attached to an aromatic ring is 1. The third kappa shape index (κ3) is 9.68. The maximum absolute atomic E-state index is 12.5. The SMILES string of the molecule is COc1cc(N)c(Cl)cc1C(=O)OCCN1CCN(C(=O)CCCCCCCCCCN)CC1. The van der Waals surface area contributed by atoms with E-state index in [0.717, 1.165) is 52.0 Å². The van der Waals surface area contributed by atoms with Crippen molar-refractivity contribution in [1.29, 1.82) is 0 Å². The lowest BCUT2D eigenvalue weighted by molar-refractivity contribution is -0.133. The number of unbranched alkanes of at least 4 members (excludes halogenated alkanes) is 7. The smallest absolute Gasteiger partial charge is 0.342 e. The van der Waals surface area contributed by atoms with Crippen molar-refractivity contribution in [3.05, 3.63) is 22.7 Å². The number of hydrogen-bond acceptors (Lipinski definition) is 7. The first-order chi connectivity index (χ1) is 16.5. The van der Waals surface area contributed by atoms with Crippen LogP contribution < -0.4 is 16.2 Å². The van der Waals surface area contributed by atoms with Crippen LogP contribution in [0.1, 0.15) is 68.1 Å². The summed E-state index contributed by atoms with van der Waals surface area (Å²) in [6, 6.07) is 2.98. The van der Waals surface area contributed by atoms with E-state index in [0.29, 0.717) is 24.4 Å². The number of esters is 1. The molecule has 1 fully saturated rings. The highest BCUT2D eigenvalue weighted by Crippen LogP contribution is 2.29. The number of nitrogens with zero attached hydrogens (tertiary/aromatic N) is 2. The predicted octanol–water partition coefficient (Wildman–Crippen LogP) is 3.70. The van der Waals surface area contributed by atoms with Gasteiger partial charge in [-0.25, -0.2) is 4.79 Å². The van der Waals surface area contributed by atoms with E-state index in [2.05, 4.69) is 4.90 Å². The molecule has 1 aromatic carbocycles. The molecule has 1 amide bonds. The molecule has 1 aliphatic rings. The fourth-order valence-electron chi connectivity index (χ4n) is 4.10. The quantitative estimate of drug-likeness (QED) is 0.216. The highest BCUT2D eigenvalue weighted by atomic mass is 35.5. The number of carbonyl (C=O) groups is 2. The largest absolute Gasteiger partial charge is 0.496 e. The molecule has 0 atom stereocenters. The molecule has 1 aliphatic heterocycles. The minimum absolute atomic E-state index is 0.251. The summed E-state index contributed by atoms with van der Waals surface area (Å²) >= 11 is 6.02. The topological polar surface area (TPSA) is 111 Å². The standard InChI is InChI=1S/C25H41ClN4O4/c1-33-23-19-22(28)21(26)18-20(23)25(32)34-17-16-29-12-14-30(15-13-29)24(31)10-8-6-4-2-3-5-7-9-11-27/h18-19H,2-17,27-28H2,1H3. The van der Waals surface area contributed by atoms with Gasteiger partial charge in [-0.05, 0) is 25.5 Å². The van der Waals surface area contributed by atoms with Crippen LogP contribution in [0.15, 0.2) is 12.1 Å². The molecule has 0 radical (unpaired) electrons. The van der Waals surface area contributed by atoms with Crippen molar-refractivity contribution in [2.75, 3.05) is 58.7 Å². The molecular formula is C25H41ClN4O4. The van der Waals surface area contributed by atoms with Crippen LogP contribution >= 0.6 is 11.6 Å². The van der Waals surface area contributed by atoms with Crippen molar-refractivity contribution in [2.24, 2.45) is 5.73 Å². The fourth-order valence-corrected chi connectivity index (χ4v) is 4.27. The Bertz CT molecular complexity index is 770. The zero-order valence-corrected chi connectivity index (χ0v) is 21.3. The van der Waals surface area contributed by atoms with Gasteiger partial charge in [0.05, 0.1) is 17.8 Å². The van der Waals surface area contributed by atoms with E-state index in [-0.39, 0.29) is 23.1 Å². The Kier molecular flexibility index (Phi) is 13.1. The summed E-state index contributed by atoms with van der Waals surface area (Å²) in [6.45, 7) is 4.66. The highest BCUT2D eigenvalue weighted by molar-refractivity contribution is 6.33. The molecule has 9 heteroatoms. The van der Waals surface area contributed by atoms with E-state index < -0.39 is 5.97 Å². The van der Waals surface area contributed by atoms with Crippen molar-refractivity contribution >= 4 is 29.2 Å².